The Kier molecular flexibility index (Phi) is 3.46. The molecule has 2 rings (SSSR count). The van der Waals surface area contributed by atoms with Crippen LogP contribution in [-0.2, 0) is 0 Å². The summed E-state index contributed by atoms with van der Waals surface area (Å²) in [5.41, 5.74) is 0.924. The standard InChI is InChI=1S/C14H18FNO/c1-10-6-7-16(11(2)8-10)14-5-3-4-13(15)12(14)9-17/h3-5,9-11H,6-8H2,1-2H3. The minimum atomic E-state index is -0.427. The fourth-order valence-corrected chi connectivity index (χ4v) is 2.66. The molecule has 1 saturated heterocycles. The number of hydrogen-bond acceptors (Lipinski definition) is 2. The van der Waals surface area contributed by atoms with Gasteiger partial charge in [-0.25, -0.2) is 4.39 Å². The van der Waals surface area contributed by atoms with Gasteiger partial charge in [0.1, 0.15) is 5.82 Å². The van der Waals surface area contributed by atoms with Gasteiger partial charge in [-0.05, 0) is 37.8 Å². The van der Waals surface area contributed by atoms with Gasteiger partial charge < -0.3 is 4.90 Å². The smallest absolute Gasteiger partial charge is 0.155 e. The molecule has 0 aliphatic carbocycles. The van der Waals surface area contributed by atoms with Crippen LogP contribution >= 0.6 is 0 Å². The molecule has 0 aromatic heterocycles. The number of anilines is 1. The molecule has 0 spiro atoms. The second kappa shape index (κ2) is 4.86. The van der Waals surface area contributed by atoms with E-state index in [0.29, 0.717) is 18.2 Å². The van der Waals surface area contributed by atoms with Crippen molar-refractivity contribution in [1.29, 1.82) is 0 Å². The molecule has 1 aliphatic rings. The summed E-state index contributed by atoms with van der Waals surface area (Å²) in [5, 5.41) is 0. The molecule has 1 aromatic carbocycles. The number of rotatable bonds is 2. The number of benzene rings is 1. The molecule has 3 heteroatoms. The zero-order valence-electron chi connectivity index (χ0n) is 10.3. The summed E-state index contributed by atoms with van der Waals surface area (Å²) >= 11 is 0. The number of piperidine rings is 1. The van der Waals surface area contributed by atoms with Crippen LogP contribution in [-0.4, -0.2) is 18.9 Å². The first kappa shape index (κ1) is 12.1. The van der Waals surface area contributed by atoms with Crippen molar-refractivity contribution in [3.05, 3.63) is 29.6 Å². The maximum Gasteiger partial charge on any atom is 0.155 e. The lowest BCUT2D eigenvalue weighted by atomic mass is 9.92. The molecule has 1 aromatic rings. The number of carbonyl (C=O) groups is 1. The van der Waals surface area contributed by atoms with Gasteiger partial charge in [0.2, 0.25) is 0 Å². The molecule has 2 atom stereocenters. The summed E-state index contributed by atoms with van der Waals surface area (Å²) in [6.45, 7) is 5.27. The predicted octanol–water partition coefficient (Wildman–Crippen LogP) is 3.26. The summed E-state index contributed by atoms with van der Waals surface area (Å²) < 4.78 is 13.6. The first-order valence-electron chi connectivity index (χ1n) is 6.13. The fourth-order valence-electron chi connectivity index (χ4n) is 2.66. The van der Waals surface area contributed by atoms with Crippen LogP contribution < -0.4 is 4.90 Å². The molecule has 1 aliphatic heterocycles. The van der Waals surface area contributed by atoms with Crippen molar-refractivity contribution >= 4 is 12.0 Å². The van der Waals surface area contributed by atoms with E-state index in [-0.39, 0.29) is 5.56 Å². The molecule has 0 bridgehead atoms. The molecular weight excluding hydrogens is 217 g/mol. The second-order valence-electron chi connectivity index (χ2n) is 4.96. The van der Waals surface area contributed by atoms with E-state index in [1.165, 1.54) is 6.07 Å². The van der Waals surface area contributed by atoms with Crippen molar-refractivity contribution in [3.63, 3.8) is 0 Å². The zero-order chi connectivity index (χ0) is 12.4. The van der Waals surface area contributed by atoms with Crippen LogP contribution in [0.5, 0.6) is 0 Å². The van der Waals surface area contributed by atoms with Crippen molar-refractivity contribution in [2.24, 2.45) is 5.92 Å². The highest BCUT2D eigenvalue weighted by Gasteiger charge is 2.25. The fraction of sp³-hybridized carbons (Fsp3) is 0.500. The second-order valence-corrected chi connectivity index (χ2v) is 4.96. The molecule has 92 valence electrons. The van der Waals surface area contributed by atoms with Crippen molar-refractivity contribution in [3.8, 4) is 0 Å². The number of nitrogens with zero attached hydrogens (tertiary/aromatic N) is 1. The first-order chi connectivity index (χ1) is 8.13. The molecule has 17 heavy (non-hydrogen) atoms. The molecule has 1 fully saturated rings. The molecule has 2 unspecified atom stereocenters. The lowest BCUT2D eigenvalue weighted by Crippen LogP contribution is -2.40. The topological polar surface area (TPSA) is 20.3 Å². The van der Waals surface area contributed by atoms with E-state index < -0.39 is 5.82 Å². The van der Waals surface area contributed by atoms with Gasteiger partial charge in [0, 0.05) is 12.6 Å². The highest BCUT2D eigenvalue weighted by atomic mass is 19.1. The summed E-state index contributed by atoms with van der Waals surface area (Å²) in [6.07, 6.45) is 2.81. The summed E-state index contributed by atoms with van der Waals surface area (Å²) in [7, 11) is 0. The van der Waals surface area contributed by atoms with Crippen LogP contribution in [0, 0.1) is 11.7 Å². The number of carbonyl (C=O) groups excluding carboxylic acids is 1. The van der Waals surface area contributed by atoms with Gasteiger partial charge in [-0.2, -0.15) is 0 Å². The van der Waals surface area contributed by atoms with Crippen LogP contribution in [0.25, 0.3) is 0 Å². The Bertz CT molecular complexity index is 419. The predicted molar refractivity (Wildman–Crippen MR) is 67.0 cm³/mol. The van der Waals surface area contributed by atoms with Crippen LogP contribution in [0.1, 0.15) is 37.0 Å². The SMILES string of the molecule is CC1CCN(c2cccc(F)c2C=O)C(C)C1. The molecule has 0 N–H and O–H groups in total. The third-order valence-corrected chi connectivity index (χ3v) is 3.60. The van der Waals surface area contributed by atoms with E-state index in [1.54, 1.807) is 6.07 Å². The van der Waals surface area contributed by atoms with E-state index in [1.807, 2.05) is 6.07 Å². The number of aldehydes is 1. The molecule has 0 saturated carbocycles. The Labute approximate surface area is 101 Å². The van der Waals surface area contributed by atoms with Crippen molar-refractivity contribution in [1.82, 2.24) is 0 Å². The quantitative estimate of drug-likeness (QED) is 0.733. The van der Waals surface area contributed by atoms with Gasteiger partial charge in [0.05, 0.1) is 11.3 Å². The maximum atomic E-state index is 13.6. The minimum absolute atomic E-state index is 0.189. The van der Waals surface area contributed by atoms with E-state index in [4.69, 9.17) is 0 Å². The number of halogens is 1. The Balaban J connectivity index is 2.33. The lowest BCUT2D eigenvalue weighted by molar-refractivity contribution is 0.112. The average molecular weight is 235 g/mol. The lowest BCUT2D eigenvalue weighted by Gasteiger charge is -2.38. The van der Waals surface area contributed by atoms with E-state index in [9.17, 15) is 9.18 Å². The highest BCUT2D eigenvalue weighted by molar-refractivity contribution is 5.85. The van der Waals surface area contributed by atoms with Crippen molar-refractivity contribution < 1.29 is 9.18 Å². The molecule has 0 radical (unpaired) electrons. The van der Waals surface area contributed by atoms with Crippen LogP contribution in [0.15, 0.2) is 18.2 Å². The van der Waals surface area contributed by atoms with Crippen LogP contribution in [0.3, 0.4) is 0 Å². The Morgan fingerprint density at radius 2 is 2.18 bits per heavy atom. The van der Waals surface area contributed by atoms with Crippen molar-refractivity contribution in [2.45, 2.75) is 32.7 Å². The van der Waals surface area contributed by atoms with Gasteiger partial charge in [-0.15, -0.1) is 0 Å². The third-order valence-electron chi connectivity index (χ3n) is 3.60. The summed E-state index contributed by atoms with van der Waals surface area (Å²) in [6, 6.07) is 5.20. The first-order valence-corrected chi connectivity index (χ1v) is 6.13. The molecule has 2 nitrogen and oxygen atoms in total. The monoisotopic (exact) mass is 235 g/mol. The van der Waals surface area contributed by atoms with Crippen molar-refractivity contribution in [2.75, 3.05) is 11.4 Å². The minimum Gasteiger partial charge on any atom is -0.368 e. The Hall–Kier alpha value is -1.38. The van der Waals surface area contributed by atoms with Gasteiger partial charge >= 0.3 is 0 Å². The summed E-state index contributed by atoms with van der Waals surface area (Å²) in [5.74, 6) is 0.276. The molecule has 0 amide bonds. The normalized spacial score (nSPS) is 24.8. The van der Waals surface area contributed by atoms with Gasteiger partial charge in [0.25, 0.3) is 0 Å². The largest absolute Gasteiger partial charge is 0.368 e. The van der Waals surface area contributed by atoms with Gasteiger partial charge in [-0.1, -0.05) is 13.0 Å². The van der Waals surface area contributed by atoms with Gasteiger partial charge in [-0.3, -0.25) is 4.79 Å². The van der Waals surface area contributed by atoms with Crippen LogP contribution in [0.4, 0.5) is 10.1 Å². The average Bonchev–Trinajstić information content (AvgIpc) is 2.29. The molecular formula is C14H18FNO. The van der Waals surface area contributed by atoms with Crippen LogP contribution in [0.2, 0.25) is 0 Å². The third kappa shape index (κ3) is 2.33. The molecule has 1 heterocycles. The van der Waals surface area contributed by atoms with Gasteiger partial charge in [0.15, 0.2) is 6.29 Å². The zero-order valence-corrected chi connectivity index (χ0v) is 10.3. The Morgan fingerprint density at radius 1 is 1.41 bits per heavy atom. The highest BCUT2D eigenvalue weighted by Crippen LogP contribution is 2.30. The maximum absolute atomic E-state index is 13.6. The number of hydrogen-bond donors (Lipinski definition) is 0. The summed E-state index contributed by atoms with van der Waals surface area (Å²) in [4.78, 5) is 13.1. The van der Waals surface area contributed by atoms with E-state index >= 15 is 0 Å². The van der Waals surface area contributed by atoms with E-state index in [2.05, 4.69) is 18.7 Å². The van der Waals surface area contributed by atoms with E-state index in [0.717, 1.165) is 25.1 Å². The Morgan fingerprint density at radius 3 is 2.82 bits per heavy atom.